The van der Waals surface area contributed by atoms with E-state index in [0.717, 1.165) is 5.56 Å². The molecular weight excluding hydrogens is 376 g/mol. The molecular formula is C24H28N4O2. The van der Waals surface area contributed by atoms with Crippen LogP contribution in [0.3, 0.4) is 0 Å². The van der Waals surface area contributed by atoms with Gasteiger partial charge in [0.25, 0.3) is 0 Å². The molecule has 1 heterocycles. The summed E-state index contributed by atoms with van der Waals surface area (Å²) in [6.07, 6.45) is 8.78. The molecule has 2 aliphatic carbocycles. The number of anilines is 2. The van der Waals surface area contributed by atoms with Crippen LogP contribution in [0.15, 0.2) is 24.4 Å². The summed E-state index contributed by atoms with van der Waals surface area (Å²) in [7, 11) is 0. The highest BCUT2D eigenvalue weighted by atomic mass is 16.3. The highest BCUT2D eigenvalue weighted by molar-refractivity contribution is 5.93. The molecule has 0 spiro atoms. The van der Waals surface area contributed by atoms with Gasteiger partial charge in [0.05, 0.1) is 17.9 Å². The number of aliphatic hydroxyl groups excluding tert-OH is 1. The van der Waals surface area contributed by atoms with Crippen LogP contribution in [0.2, 0.25) is 0 Å². The Morgan fingerprint density at radius 3 is 2.87 bits per heavy atom. The number of nitrogens with zero attached hydrogens (tertiary/aromatic N) is 2. The fraction of sp³-hybridized carbons (Fsp3) is 0.458. The molecule has 0 bridgehead atoms. The molecule has 1 saturated carbocycles. The zero-order valence-corrected chi connectivity index (χ0v) is 17.7. The molecule has 2 aliphatic rings. The smallest absolute Gasteiger partial charge is 0.224 e. The predicted molar refractivity (Wildman–Crippen MR) is 118 cm³/mol. The van der Waals surface area contributed by atoms with Gasteiger partial charge in [0.2, 0.25) is 5.95 Å². The molecule has 3 N–H and O–H groups in total. The number of carbonyl (C=O) groups is 1. The quantitative estimate of drug-likeness (QED) is 0.642. The summed E-state index contributed by atoms with van der Waals surface area (Å²) in [6.45, 7) is 6.69. The van der Waals surface area contributed by atoms with Gasteiger partial charge >= 0.3 is 0 Å². The maximum atomic E-state index is 12.5. The second-order valence-electron chi connectivity index (χ2n) is 8.92. The molecule has 1 fully saturated rings. The van der Waals surface area contributed by atoms with Crippen LogP contribution in [0.25, 0.3) is 0 Å². The van der Waals surface area contributed by atoms with Crippen molar-refractivity contribution in [3.8, 4) is 12.3 Å². The average molecular weight is 405 g/mol. The van der Waals surface area contributed by atoms with Crippen LogP contribution in [-0.4, -0.2) is 39.5 Å². The number of terminal acetylenes is 1. The van der Waals surface area contributed by atoms with Crippen molar-refractivity contribution in [1.29, 1.82) is 0 Å². The second kappa shape index (κ2) is 7.73. The zero-order chi connectivity index (χ0) is 21.5. The highest BCUT2D eigenvalue weighted by Crippen LogP contribution is 2.42. The topological polar surface area (TPSA) is 87.1 Å². The maximum Gasteiger partial charge on any atom is 0.224 e. The Morgan fingerprint density at radius 1 is 1.37 bits per heavy atom. The van der Waals surface area contributed by atoms with Gasteiger partial charge in [0, 0.05) is 30.3 Å². The Labute approximate surface area is 177 Å². The summed E-state index contributed by atoms with van der Waals surface area (Å²) >= 11 is 0. The normalized spacial score (nSPS) is 24.0. The van der Waals surface area contributed by atoms with Crippen LogP contribution in [0.1, 0.15) is 54.9 Å². The molecule has 30 heavy (non-hydrogen) atoms. The number of hydrogen-bond donors (Lipinski definition) is 3. The first kappa shape index (κ1) is 20.4. The average Bonchev–Trinajstić information content (AvgIpc) is 3.05. The van der Waals surface area contributed by atoms with Crippen LogP contribution in [0.4, 0.5) is 11.8 Å². The molecule has 156 valence electrons. The van der Waals surface area contributed by atoms with Crippen molar-refractivity contribution >= 4 is 17.5 Å². The van der Waals surface area contributed by atoms with Crippen LogP contribution in [-0.2, 0) is 11.2 Å². The Kier molecular flexibility index (Phi) is 5.25. The number of fused-ring (bicyclic) bond motifs is 1. The molecule has 1 unspecified atom stereocenters. The lowest BCUT2D eigenvalue weighted by molar-refractivity contribution is -0.119. The number of benzene rings is 1. The van der Waals surface area contributed by atoms with E-state index >= 15 is 0 Å². The van der Waals surface area contributed by atoms with E-state index in [2.05, 4.69) is 45.6 Å². The van der Waals surface area contributed by atoms with E-state index in [0.29, 0.717) is 43.1 Å². The second-order valence-corrected chi connectivity index (χ2v) is 8.92. The Hall–Kier alpha value is -2.91. The molecule has 6 heteroatoms. The Morgan fingerprint density at radius 2 is 2.17 bits per heavy atom. The van der Waals surface area contributed by atoms with E-state index in [4.69, 9.17) is 6.42 Å². The molecule has 3 atom stereocenters. The lowest BCUT2D eigenvalue weighted by Gasteiger charge is -2.49. The first-order chi connectivity index (χ1) is 14.3. The van der Waals surface area contributed by atoms with Crippen LogP contribution >= 0.6 is 0 Å². The van der Waals surface area contributed by atoms with Gasteiger partial charge in [-0.1, -0.05) is 38.0 Å². The van der Waals surface area contributed by atoms with Gasteiger partial charge < -0.3 is 15.7 Å². The maximum absolute atomic E-state index is 12.5. The molecule has 0 amide bonds. The SMILES string of the molecule is C#Cc1cnc(NCCC2C(=O)Cc3c(C)cccc32)nc1N[C@@H]1C[C@H](O)C1(C)C. The van der Waals surface area contributed by atoms with Crippen LogP contribution in [0, 0.1) is 24.7 Å². The van der Waals surface area contributed by atoms with Crippen LogP contribution < -0.4 is 10.6 Å². The minimum absolute atomic E-state index is 0.0766. The van der Waals surface area contributed by atoms with E-state index in [1.165, 1.54) is 11.1 Å². The largest absolute Gasteiger partial charge is 0.392 e. The number of nitrogens with one attached hydrogen (secondary N) is 2. The lowest BCUT2D eigenvalue weighted by Crippen LogP contribution is -2.57. The molecule has 0 aliphatic heterocycles. The third kappa shape index (κ3) is 3.54. The first-order valence-electron chi connectivity index (χ1n) is 10.4. The fourth-order valence-electron chi connectivity index (χ4n) is 4.40. The van der Waals surface area contributed by atoms with Crippen molar-refractivity contribution in [3.63, 3.8) is 0 Å². The third-order valence-corrected chi connectivity index (χ3v) is 6.75. The summed E-state index contributed by atoms with van der Waals surface area (Å²) in [5.74, 6) is 3.89. The molecule has 1 aromatic heterocycles. The van der Waals surface area contributed by atoms with Crippen molar-refractivity contribution < 1.29 is 9.90 Å². The molecule has 2 aromatic rings. The van der Waals surface area contributed by atoms with Gasteiger partial charge in [-0.3, -0.25) is 4.79 Å². The van der Waals surface area contributed by atoms with E-state index in [9.17, 15) is 9.90 Å². The van der Waals surface area contributed by atoms with Crippen molar-refractivity contribution in [2.45, 2.75) is 58.1 Å². The monoisotopic (exact) mass is 404 g/mol. The molecule has 0 saturated heterocycles. The number of Topliss-reactive ketones (excluding diaryl/α,β-unsaturated/α-hetero) is 1. The third-order valence-electron chi connectivity index (χ3n) is 6.75. The molecule has 6 nitrogen and oxygen atoms in total. The number of carbonyl (C=O) groups excluding carboxylic acids is 1. The van der Waals surface area contributed by atoms with Crippen molar-refractivity contribution in [3.05, 3.63) is 46.6 Å². The summed E-state index contributed by atoms with van der Waals surface area (Å²) < 4.78 is 0. The summed E-state index contributed by atoms with van der Waals surface area (Å²) in [5, 5.41) is 16.6. The van der Waals surface area contributed by atoms with Gasteiger partial charge in [-0.05, 0) is 36.5 Å². The highest BCUT2D eigenvalue weighted by Gasteiger charge is 2.47. The number of aromatic nitrogens is 2. The van der Waals surface area contributed by atoms with Gasteiger partial charge in [-0.15, -0.1) is 6.42 Å². The van der Waals surface area contributed by atoms with Gasteiger partial charge in [0.15, 0.2) is 0 Å². The van der Waals surface area contributed by atoms with Gasteiger partial charge in [-0.25, -0.2) is 4.98 Å². The Bertz CT molecular complexity index is 1020. The fourth-order valence-corrected chi connectivity index (χ4v) is 4.40. The van der Waals surface area contributed by atoms with E-state index in [-0.39, 0.29) is 29.3 Å². The van der Waals surface area contributed by atoms with Gasteiger partial charge in [0.1, 0.15) is 11.6 Å². The zero-order valence-electron chi connectivity index (χ0n) is 17.7. The molecule has 4 rings (SSSR count). The molecule has 0 radical (unpaired) electrons. The predicted octanol–water partition coefficient (Wildman–Crippen LogP) is 3.05. The minimum atomic E-state index is -0.334. The number of hydrogen-bond acceptors (Lipinski definition) is 6. The number of aryl methyl sites for hydroxylation is 1. The first-order valence-corrected chi connectivity index (χ1v) is 10.4. The summed E-state index contributed by atoms with van der Waals surface area (Å²) in [5.41, 5.74) is 3.87. The summed E-state index contributed by atoms with van der Waals surface area (Å²) in [6, 6.07) is 6.24. The van der Waals surface area contributed by atoms with E-state index in [1.807, 2.05) is 19.9 Å². The van der Waals surface area contributed by atoms with E-state index in [1.54, 1.807) is 6.20 Å². The minimum Gasteiger partial charge on any atom is -0.392 e. The summed E-state index contributed by atoms with van der Waals surface area (Å²) in [4.78, 5) is 21.4. The van der Waals surface area contributed by atoms with Crippen LogP contribution in [0.5, 0.6) is 0 Å². The number of ketones is 1. The number of aliphatic hydroxyl groups is 1. The molecule has 1 aromatic carbocycles. The standard InChI is InChI=1S/C24H28N4O2/c1-5-15-13-26-23(28-22(15)27-20-12-21(30)24(20,3)4)25-10-9-17-16-8-6-7-14(2)18(16)11-19(17)29/h1,6-8,13,17,20-21,30H,9-12H2,2-4H3,(H2,25,26,27,28)/t17?,20-,21+/m1/s1. The number of rotatable bonds is 6. The van der Waals surface area contributed by atoms with Gasteiger partial charge in [-0.2, -0.15) is 4.98 Å². The lowest BCUT2D eigenvalue weighted by atomic mass is 9.64. The van der Waals surface area contributed by atoms with Crippen molar-refractivity contribution in [2.75, 3.05) is 17.2 Å². The van der Waals surface area contributed by atoms with E-state index < -0.39 is 0 Å². The van der Waals surface area contributed by atoms with Crippen molar-refractivity contribution in [1.82, 2.24) is 9.97 Å². The van der Waals surface area contributed by atoms with Crippen molar-refractivity contribution in [2.24, 2.45) is 5.41 Å². The Balaban J connectivity index is 1.42.